The Hall–Kier alpha value is 0.770. The maximum atomic E-state index is 3.34. The van der Waals surface area contributed by atoms with Crippen LogP contribution in [0.4, 0.5) is 0 Å². The number of alkyl halides is 2. The fraction of sp³-hybridized carbons (Fsp3) is 0.714. The smallest absolute Gasteiger partial charge is 0.101 e. The van der Waals surface area contributed by atoms with E-state index in [9.17, 15) is 0 Å². The van der Waals surface area contributed by atoms with Crippen molar-refractivity contribution >= 4 is 38.5 Å². The molecule has 0 aromatic carbocycles. The molecular formula is C7H10BrI. The first-order valence-corrected chi connectivity index (χ1v) is 5.05. The quantitative estimate of drug-likeness (QED) is 0.396. The van der Waals surface area contributed by atoms with Crippen molar-refractivity contribution < 1.29 is 0 Å². The lowest BCUT2D eigenvalue weighted by Gasteiger charge is -1.92. The minimum absolute atomic E-state index is 0.314. The zero-order chi connectivity index (χ0) is 7.28. The molecule has 0 saturated carbocycles. The lowest BCUT2D eigenvalue weighted by molar-refractivity contribution is 0.676. The van der Waals surface area contributed by atoms with Crippen LogP contribution in [0.5, 0.6) is 0 Å². The number of hydrogen-bond donors (Lipinski definition) is 0. The molecule has 1 atom stereocenters. The molecule has 2 heteroatoms. The van der Waals surface area contributed by atoms with Crippen LogP contribution in [0.2, 0.25) is 0 Å². The van der Waals surface area contributed by atoms with Crippen LogP contribution < -0.4 is 0 Å². The van der Waals surface area contributed by atoms with Gasteiger partial charge in [-0.15, -0.1) is 5.92 Å². The van der Waals surface area contributed by atoms with Crippen molar-refractivity contribution in [1.29, 1.82) is 0 Å². The SMILES string of the molecule is CC(C)CC#CC(Br)I. The average Bonchev–Trinajstić information content (AvgIpc) is 1.63. The maximum absolute atomic E-state index is 3.34. The van der Waals surface area contributed by atoms with Gasteiger partial charge in [0.25, 0.3) is 0 Å². The van der Waals surface area contributed by atoms with Gasteiger partial charge in [0.05, 0.1) is 0 Å². The highest BCUT2D eigenvalue weighted by Gasteiger charge is 1.88. The second-order valence-electron chi connectivity index (χ2n) is 2.22. The third-order valence-corrected chi connectivity index (χ3v) is 1.26. The van der Waals surface area contributed by atoms with E-state index in [0.29, 0.717) is 8.75 Å². The summed E-state index contributed by atoms with van der Waals surface area (Å²) in [5.41, 5.74) is 0. The molecule has 0 spiro atoms. The van der Waals surface area contributed by atoms with Crippen LogP contribution >= 0.6 is 38.5 Å². The Morgan fingerprint density at radius 1 is 1.56 bits per heavy atom. The first-order valence-electron chi connectivity index (χ1n) is 2.89. The molecule has 0 saturated heterocycles. The molecule has 9 heavy (non-hydrogen) atoms. The lowest BCUT2D eigenvalue weighted by Crippen LogP contribution is -1.83. The zero-order valence-corrected chi connectivity index (χ0v) is 9.36. The second-order valence-corrected chi connectivity index (χ2v) is 6.09. The van der Waals surface area contributed by atoms with E-state index in [1.54, 1.807) is 0 Å². The van der Waals surface area contributed by atoms with Crippen LogP contribution in [0.1, 0.15) is 20.3 Å². The van der Waals surface area contributed by atoms with E-state index in [0.717, 1.165) is 6.42 Å². The van der Waals surface area contributed by atoms with Crippen LogP contribution in [-0.4, -0.2) is 2.83 Å². The monoisotopic (exact) mass is 300 g/mol. The van der Waals surface area contributed by atoms with Gasteiger partial charge in [0.2, 0.25) is 0 Å². The summed E-state index contributed by atoms with van der Waals surface area (Å²) in [6.07, 6.45) is 1.01. The predicted molar refractivity (Wildman–Crippen MR) is 54.0 cm³/mol. The predicted octanol–water partition coefficient (Wildman–Crippen LogP) is 3.19. The minimum Gasteiger partial charge on any atom is -0.101 e. The molecule has 0 aromatic heterocycles. The molecule has 0 nitrogen and oxygen atoms in total. The number of halogens is 2. The second kappa shape index (κ2) is 5.55. The van der Waals surface area contributed by atoms with Crippen LogP contribution in [-0.2, 0) is 0 Å². The standard InChI is InChI=1S/C7H10BrI/c1-6(2)4-3-5-7(8)9/h6-7H,4H2,1-2H3. The molecular weight excluding hydrogens is 291 g/mol. The van der Waals surface area contributed by atoms with Gasteiger partial charge in [-0.1, -0.05) is 58.3 Å². The van der Waals surface area contributed by atoms with Crippen molar-refractivity contribution in [3.8, 4) is 11.8 Å². The normalized spacial score (nSPS) is 12.6. The van der Waals surface area contributed by atoms with E-state index in [4.69, 9.17) is 0 Å². The Morgan fingerprint density at radius 3 is 2.44 bits per heavy atom. The summed E-state index contributed by atoms with van der Waals surface area (Å²) in [5.74, 6) is 6.80. The summed E-state index contributed by atoms with van der Waals surface area (Å²) in [5, 5.41) is 0. The lowest BCUT2D eigenvalue weighted by atomic mass is 10.1. The largest absolute Gasteiger partial charge is 0.126 e. The molecule has 0 fully saturated rings. The van der Waals surface area contributed by atoms with Crippen molar-refractivity contribution in [2.75, 3.05) is 0 Å². The first kappa shape index (κ1) is 9.77. The van der Waals surface area contributed by atoms with Crippen LogP contribution in [0, 0.1) is 17.8 Å². The first-order chi connectivity index (χ1) is 4.13. The van der Waals surface area contributed by atoms with Crippen molar-refractivity contribution in [3.63, 3.8) is 0 Å². The highest BCUT2D eigenvalue weighted by atomic mass is 127. The van der Waals surface area contributed by atoms with Gasteiger partial charge in [0.1, 0.15) is 2.83 Å². The van der Waals surface area contributed by atoms with E-state index >= 15 is 0 Å². The molecule has 52 valence electrons. The van der Waals surface area contributed by atoms with E-state index in [2.05, 4.69) is 64.2 Å². The number of hydrogen-bond acceptors (Lipinski definition) is 0. The van der Waals surface area contributed by atoms with Gasteiger partial charge in [0, 0.05) is 6.42 Å². The van der Waals surface area contributed by atoms with E-state index < -0.39 is 0 Å². The fourth-order valence-electron chi connectivity index (χ4n) is 0.340. The molecule has 0 amide bonds. The molecule has 0 N–H and O–H groups in total. The molecule has 0 aliphatic carbocycles. The Morgan fingerprint density at radius 2 is 2.11 bits per heavy atom. The van der Waals surface area contributed by atoms with Gasteiger partial charge in [-0.05, 0) is 5.92 Å². The van der Waals surface area contributed by atoms with E-state index in [1.165, 1.54) is 0 Å². The Kier molecular flexibility index (Phi) is 6.02. The third-order valence-electron chi connectivity index (χ3n) is 0.721. The van der Waals surface area contributed by atoms with Gasteiger partial charge in [-0.2, -0.15) is 0 Å². The van der Waals surface area contributed by atoms with Crippen molar-refractivity contribution in [2.45, 2.75) is 23.1 Å². The Bertz CT molecular complexity index is 119. The minimum atomic E-state index is 0.314. The summed E-state index contributed by atoms with van der Waals surface area (Å²) in [7, 11) is 0. The molecule has 0 aliphatic heterocycles. The van der Waals surface area contributed by atoms with Crippen molar-refractivity contribution in [1.82, 2.24) is 0 Å². The summed E-state index contributed by atoms with van der Waals surface area (Å²) in [6, 6.07) is 0. The highest BCUT2D eigenvalue weighted by molar-refractivity contribution is 14.1. The van der Waals surface area contributed by atoms with Crippen molar-refractivity contribution in [2.24, 2.45) is 5.92 Å². The third kappa shape index (κ3) is 8.77. The number of rotatable bonds is 1. The van der Waals surface area contributed by atoms with Gasteiger partial charge < -0.3 is 0 Å². The molecule has 0 rings (SSSR count). The summed E-state index contributed by atoms with van der Waals surface area (Å²) >= 11 is 5.57. The summed E-state index contributed by atoms with van der Waals surface area (Å²) < 4.78 is 0.314. The average molecular weight is 301 g/mol. The topological polar surface area (TPSA) is 0 Å². The molecule has 0 radical (unpaired) electrons. The maximum Gasteiger partial charge on any atom is 0.126 e. The van der Waals surface area contributed by atoms with Gasteiger partial charge in [0.15, 0.2) is 0 Å². The summed E-state index contributed by atoms with van der Waals surface area (Å²) in [6.45, 7) is 4.34. The molecule has 1 unspecified atom stereocenters. The Balaban J connectivity index is 3.38. The highest BCUT2D eigenvalue weighted by Crippen LogP contribution is 2.06. The van der Waals surface area contributed by atoms with Gasteiger partial charge >= 0.3 is 0 Å². The molecule has 0 bridgehead atoms. The van der Waals surface area contributed by atoms with Gasteiger partial charge in [-0.3, -0.25) is 0 Å². The van der Waals surface area contributed by atoms with Crippen molar-refractivity contribution in [3.05, 3.63) is 0 Å². The molecule has 0 heterocycles. The van der Waals surface area contributed by atoms with Crippen LogP contribution in [0.3, 0.4) is 0 Å². The van der Waals surface area contributed by atoms with E-state index in [1.807, 2.05) is 0 Å². The Labute approximate surface area is 79.1 Å². The fourth-order valence-corrected chi connectivity index (χ4v) is 0.722. The summed E-state index contributed by atoms with van der Waals surface area (Å²) in [4.78, 5) is 0. The van der Waals surface area contributed by atoms with E-state index in [-0.39, 0.29) is 0 Å². The van der Waals surface area contributed by atoms with Gasteiger partial charge in [-0.25, -0.2) is 0 Å². The molecule has 0 aliphatic rings. The van der Waals surface area contributed by atoms with Crippen LogP contribution in [0.15, 0.2) is 0 Å². The van der Waals surface area contributed by atoms with Crippen LogP contribution in [0.25, 0.3) is 0 Å². The molecule has 0 aromatic rings. The zero-order valence-electron chi connectivity index (χ0n) is 5.62.